The zero-order valence-electron chi connectivity index (χ0n) is 26.4. The van der Waals surface area contributed by atoms with Gasteiger partial charge in [0.05, 0.1) is 0 Å². The molecule has 5 nitrogen and oxygen atoms in total. The van der Waals surface area contributed by atoms with Gasteiger partial charge in [-0.15, -0.1) is 0 Å². The topological polar surface area (TPSA) is 78.4 Å². The van der Waals surface area contributed by atoms with E-state index in [1.165, 1.54) is 70.6 Å². The summed E-state index contributed by atoms with van der Waals surface area (Å²) in [5.41, 5.74) is 4.66. The zero-order chi connectivity index (χ0) is 28.3. The molecule has 0 radical (unpaired) electrons. The number of nitrogens with one attached hydrogen (secondary N) is 2. The number of thioether (sulfide) groups is 1. The van der Waals surface area contributed by atoms with Gasteiger partial charge in [0.2, 0.25) is 0 Å². The van der Waals surface area contributed by atoms with Gasteiger partial charge in [0.1, 0.15) is 6.04 Å². The monoisotopic (exact) mass is 572 g/mol. The van der Waals surface area contributed by atoms with Gasteiger partial charge in [-0.2, -0.15) is 11.8 Å². The second-order valence-corrected chi connectivity index (χ2v) is 13.0. The number of amides is 1. The van der Waals surface area contributed by atoms with E-state index in [1.807, 2.05) is 30.5 Å². The van der Waals surface area contributed by atoms with E-state index in [-0.39, 0.29) is 26.2 Å². The van der Waals surface area contributed by atoms with Crippen molar-refractivity contribution in [3.05, 3.63) is 59.2 Å². The molecule has 0 heterocycles. The minimum atomic E-state index is -0.993. The van der Waals surface area contributed by atoms with Crippen molar-refractivity contribution in [2.75, 3.05) is 12.0 Å². The van der Waals surface area contributed by atoms with Crippen molar-refractivity contribution in [1.29, 1.82) is 0 Å². The summed E-state index contributed by atoms with van der Waals surface area (Å²) in [6.07, 6.45) is 17.3. The van der Waals surface area contributed by atoms with Crippen LogP contribution in [0.25, 0.3) is 11.1 Å². The molecule has 7 heteroatoms. The van der Waals surface area contributed by atoms with Crippen LogP contribution in [-0.4, -0.2) is 41.1 Å². The molecule has 4 rings (SSSR count). The Kier molecular flexibility index (Phi) is 14.4. The summed E-state index contributed by atoms with van der Waals surface area (Å²) in [6, 6.07) is 13.8. The molecule has 220 valence electrons. The molecule has 1 amide bonds. The number of benzene rings is 2. The standard InChI is InChI=1S/C34H48N2O3S.Li.H/c1-24-11-9-10-16-28(24)30-21-26(17-18-29(30)33(37)36-31(34(38)39)19-20-40-2)23-35-32(27-14-7-4-8-15-27)22-25-12-5-3-6-13-25;;/h9-11,16-18,21,25,27,31-32,35H,3-8,12-15,19-20,22-23H2,1-2H3,(H,36,37)(H,38,39);;/q;+1;-1. The Balaban J connectivity index is 0.00000308. The SMILES string of the molecule is CSCCC(NC(=O)c1ccc(CNC(CC2CCCCC2)C2CCCCC2)cc1-c1ccccc1C)C(=O)O.[H-].[Li+]. The van der Waals surface area contributed by atoms with Crippen molar-refractivity contribution < 1.29 is 35.0 Å². The molecule has 2 aromatic rings. The molecule has 0 bridgehead atoms. The van der Waals surface area contributed by atoms with Crippen LogP contribution in [0.4, 0.5) is 0 Å². The predicted molar refractivity (Wildman–Crippen MR) is 168 cm³/mol. The molecule has 0 spiro atoms. The second-order valence-electron chi connectivity index (χ2n) is 12.0. The molecule has 0 aromatic heterocycles. The number of carboxylic acids is 1. The number of hydrogen-bond acceptors (Lipinski definition) is 4. The Morgan fingerprint density at radius 1 is 0.976 bits per heavy atom. The summed E-state index contributed by atoms with van der Waals surface area (Å²) in [7, 11) is 0. The number of aliphatic carboxylic acids is 1. The largest absolute Gasteiger partial charge is 1.00 e. The molecule has 3 N–H and O–H groups in total. The van der Waals surface area contributed by atoms with E-state index in [4.69, 9.17) is 0 Å². The normalized spacial score (nSPS) is 17.8. The molecule has 0 aliphatic heterocycles. The molecule has 0 saturated heterocycles. The predicted octanol–water partition coefficient (Wildman–Crippen LogP) is 4.72. The first kappa shape index (κ1) is 33.8. The van der Waals surface area contributed by atoms with Gasteiger partial charge < -0.3 is 17.2 Å². The van der Waals surface area contributed by atoms with Gasteiger partial charge in [-0.3, -0.25) is 4.79 Å². The van der Waals surface area contributed by atoms with E-state index >= 15 is 0 Å². The van der Waals surface area contributed by atoms with E-state index in [1.54, 1.807) is 11.8 Å². The van der Waals surface area contributed by atoms with Crippen molar-refractivity contribution in [3.8, 4) is 11.1 Å². The average molecular weight is 573 g/mol. The van der Waals surface area contributed by atoms with E-state index in [0.717, 1.165) is 40.6 Å². The Hall–Kier alpha value is -1.71. The summed E-state index contributed by atoms with van der Waals surface area (Å²) in [5.74, 6) is 0.951. The van der Waals surface area contributed by atoms with Gasteiger partial charge >= 0.3 is 24.8 Å². The molecular formula is C34H49LiN2O3S. The van der Waals surface area contributed by atoms with Gasteiger partial charge in [-0.1, -0.05) is 81.7 Å². The minimum absolute atomic E-state index is 0. The average Bonchev–Trinajstić information content (AvgIpc) is 2.98. The number of carbonyl (C=O) groups excluding carboxylic acids is 1. The summed E-state index contributed by atoms with van der Waals surface area (Å²) >= 11 is 1.58. The quantitative estimate of drug-likeness (QED) is 0.303. The van der Waals surface area contributed by atoms with Gasteiger partial charge in [0.25, 0.3) is 5.91 Å². The van der Waals surface area contributed by atoms with Crippen molar-refractivity contribution in [2.45, 2.75) is 103 Å². The van der Waals surface area contributed by atoms with Crippen LogP contribution in [-0.2, 0) is 11.3 Å². The maximum atomic E-state index is 13.4. The van der Waals surface area contributed by atoms with E-state index in [2.05, 4.69) is 35.8 Å². The zero-order valence-corrected chi connectivity index (χ0v) is 26.2. The fourth-order valence-corrected chi connectivity index (χ4v) is 7.21. The maximum absolute atomic E-state index is 13.4. The fourth-order valence-electron chi connectivity index (χ4n) is 6.74. The molecule has 41 heavy (non-hydrogen) atoms. The van der Waals surface area contributed by atoms with Crippen LogP contribution in [0, 0.1) is 18.8 Å². The van der Waals surface area contributed by atoms with Crippen LogP contribution in [0.3, 0.4) is 0 Å². The summed E-state index contributed by atoms with van der Waals surface area (Å²) < 4.78 is 0. The number of aryl methyl sites for hydroxylation is 1. The van der Waals surface area contributed by atoms with Gasteiger partial charge in [0.15, 0.2) is 0 Å². The van der Waals surface area contributed by atoms with Crippen LogP contribution in [0.2, 0.25) is 0 Å². The molecule has 2 aromatic carbocycles. The van der Waals surface area contributed by atoms with Gasteiger partial charge in [-0.25, -0.2) is 4.79 Å². The van der Waals surface area contributed by atoms with E-state index < -0.39 is 12.0 Å². The van der Waals surface area contributed by atoms with Crippen LogP contribution in [0.5, 0.6) is 0 Å². The second kappa shape index (κ2) is 17.4. The third kappa shape index (κ3) is 9.92. The summed E-state index contributed by atoms with van der Waals surface area (Å²) in [6.45, 7) is 2.84. The summed E-state index contributed by atoms with van der Waals surface area (Å²) in [4.78, 5) is 25.3. The van der Waals surface area contributed by atoms with Crippen molar-refractivity contribution >= 4 is 23.6 Å². The molecule has 2 saturated carbocycles. The first-order chi connectivity index (χ1) is 19.5. The van der Waals surface area contributed by atoms with Crippen LogP contribution < -0.4 is 29.5 Å². The summed E-state index contributed by atoms with van der Waals surface area (Å²) in [5, 5.41) is 16.5. The van der Waals surface area contributed by atoms with Crippen molar-refractivity contribution in [3.63, 3.8) is 0 Å². The first-order valence-electron chi connectivity index (χ1n) is 15.4. The van der Waals surface area contributed by atoms with Crippen LogP contribution >= 0.6 is 11.8 Å². The smallest absolute Gasteiger partial charge is 1.00 e. The Bertz CT molecular complexity index is 1120. The fraction of sp³-hybridized carbons (Fsp3) is 0.588. The molecule has 2 aliphatic rings. The molecule has 2 fully saturated rings. The maximum Gasteiger partial charge on any atom is 1.00 e. The Morgan fingerprint density at radius 2 is 1.66 bits per heavy atom. The third-order valence-electron chi connectivity index (χ3n) is 9.08. The number of carboxylic acid groups (broad SMARTS) is 1. The molecule has 2 atom stereocenters. The van der Waals surface area contributed by atoms with Crippen molar-refractivity contribution in [2.24, 2.45) is 11.8 Å². The van der Waals surface area contributed by atoms with E-state index in [9.17, 15) is 14.7 Å². The Labute approximate surface area is 265 Å². The van der Waals surface area contributed by atoms with Gasteiger partial charge in [-0.05, 0) is 90.8 Å². The molecular weight excluding hydrogens is 523 g/mol. The van der Waals surface area contributed by atoms with Gasteiger partial charge in [0, 0.05) is 18.2 Å². The minimum Gasteiger partial charge on any atom is -1.00 e. The van der Waals surface area contributed by atoms with Crippen LogP contribution in [0.15, 0.2) is 42.5 Å². The number of rotatable bonds is 13. The third-order valence-corrected chi connectivity index (χ3v) is 9.72. The number of hydrogen-bond donors (Lipinski definition) is 3. The molecule has 2 aliphatic carbocycles. The van der Waals surface area contributed by atoms with Crippen LogP contribution in [0.1, 0.15) is 100.0 Å². The number of carbonyl (C=O) groups is 2. The van der Waals surface area contributed by atoms with Crippen molar-refractivity contribution in [1.82, 2.24) is 10.6 Å². The molecule has 2 unspecified atom stereocenters. The van der Waals surface area contributed by atoms with E-state index in [0.29, 0.717) is 23.8 Å². The first-order valence-corrected chi connectivity index (χ1v) is 16.8. The Morgan fingerprint density at radius 3 is 2.32 bits per heavy atom.